The molecule has 2 rings (SSSR count). The zero-order valence-electron chi connectivity index (χ0n) is 8.95. The van der Waals surface area contributed by atoms with Crippen molar-refractivity contribution in [2.24, 2.45) is 0 Å². The Balaban J connectivity index is 2.07. The van der Waals surface area contributed by atoms with Gasteiger partial charge in [0.1, 0.15) is 6.04 Å². The largest absolute Gasteiger partial charge is 0.416 e. The normalized spacial score (nSPS) is 19.6. The number of hydrogen-bond donors (Lipinski definition) is 1. The molecular formula is C11H8F3NO3. The molecule has 1 aliphatic heterocycles. The van der Waals surface area contributed by atoms with Crippen LogP contribution < -0.4 is 5.32 Å². The smallest absolute Gasteiger partial charge is 0.375 e. The Bertz CT molecular complexity index is 481. The lowest BCUT2D eigenvalue weighted by molar-refractivity contribution is -0.138. The number of carbonyl (C=O) groups is 2. The number of hydrogen-bond acceptors (Lipinski definition) is 3. The maximum absolute atomic E-state index is 12.3. The second-order valence-electron chi connectivity index (χ2n) is 3.80. The first-order chi connectivity index (χ1) is 8.36. The van der Waals surface area contributed by atoms with Gasteiger partial charge in [-0.25, -0.2) is 9.59 Å². The zero-order valence-corrected chi connectivity index (χ0v) is 8.95. The lowest BCUT2D eigenvalue weighted by Crippen LogP contribution is -2.30. The van der Waals surface area contributed by atoms with E-state index in [0.29, 0.717) is 5.56 Å². The van der Waals surface area contributed by atoms with Crippen molar-refractivity contribution in [3.63, 3.8) is 0 Å². The molecule has 0 aromatic heterocycles. The molecule has 1 heterocycles. The Morgan fingerprint density at radius 1 is 1.17 bits per heavy atom. The van der Waals surface area contributed by atoms with E-state index in [1.54, 1.807) is 0 Å². The quantitative estimate of drug-likeness (QED) is 0.651. The van der Waals surface area contributed by atoms with Gasteiger partial charge in [-0.3, -0.25) is 0 Å². The number of cyclic esters (lactones) is 2. The Morgan fingerprint density at radius 2 is 1.78 bits per heavy atom. The number of alkyl carbamates (subject to hydrolysis) is 1. The van der Waals surface area contributed by atoms with Crippen molar-refractivity contribution in [3.05, 3.63) is 35.4 Å². The standard InChI is InChI=1S/C11H8F3NO3/c12-11(13,14)7-3-1-6(2-4-7)5-8-9(16)18-10(17)15-8/h1-4,8H,5H2,(H,15,17). The molecule has 96 valence electrons. The first-order valence-electron chi connectivity index (χ1n) is 5.04. The molecule has 7 heteroatoms. The molecule has 1 N–H and O–H groups in total. The maximum atomic E-state index is 12.3. The number of carbonyl (C=O) groups excluding carboxylic acids is 2. The van der Waals surface area contributed by atoms with Gasteiger partial charge in [0.05, 0.1) is 5.56 Å². The fourth-order valence-electron chi connectivity index (χ4n) is 1.59. The van der Waals surface area contributed by atoms with Gasteiger partial charge in [0.15, 0.2) is 0 Å². The summed E-state index contributed by atoms with van der Waals surface area (Å²) in [5, 5.41) is 2.26. The Morgan fingerprint density at radius 3 is 2.22 bits per heavy atom. The number of rotatable bonds is 2. The average molecular weight is 259 g/mol. The highest BCUT2D eigenvalue weighted by Gasteiger charge is 2.33. The predicted molar refractivity (Wildman–Crippen MR) is 53.6 cm³/mol. The molecule has 4 nitrogen and oxygen atoms in total. The van der Waals surface area contributed by atoms with Gasteiger partial charge in [-0.15, -0.1) is 0 Å². The van der Waals surface area contributed by atoms with Crippen molar-refractivity contribution in [2.75, 3.05) is 0 Å². The van der Waals surface area contributed by atoms with Crippen LogP contribution in [0.1, 0.15) is 11.1 Å². The number of benzene rings is 1. The summed E-state index contributed by atoms with van der Waals surface area (Å²) in [4.78, 5) is 21.9. The van der Waals surface area contributed by atoms with Crippen LogP contribution in [-0.4, -0.2) is 18.1 Å². The highest BCUT2D eigenvalue weighted by Crippen LogP contribution is 2.29. The van der Waals surface area contributed by atoms with Crippen LogP contribution in [0.3, 0.4) is 0 Å². The van der Waals surface area contributed by atoms with Gasteiger partial charge < -0.3 is 10.1 Å². The minimum Gasteiger partial charge on any atom is -0.375 e. The van der Waals surface area contributed by atoms with E-state index in [1.807, 2.05) is 0 Å². The Kier molecular flexibility index (Phi) is 2.98. The molecule has 1 atom stereocenters. The minimum absolute atomic E-state index is 0.0999. The molecule has 0 aliphatic carbocycles. The fourth-order valence-corrected chi connectivity index (χ4v) is 1.59. The number of ether oxygens (including phenoxy) is 1. The molecule has 1 fully saturated rings. The van der Waals surface area contributed by atoms with E-state index < -0.39 is 29.8 Å². The van der Waals surface area contributed by atoms with Crippen molar-refractivity contribution in [2.45, 2.75) is 18.6 Å². The van der Waals surface area contributed by atoms with E-state index in [4.69, 9.17) is 0 Å². The van der Waals surface area contributed by atoms with Gasteiger partial charge in [-0.05, 0) is 17.7 Å². The van der Waals surface area contributed by atoms with E-state index in [2.05, 4.69) is 10.1 Å². The SMILES string of the molecule is O=C1NC(Cc2ccc(C(F)(F)F)cc2)C(=O)O1. The van der Waals surface area contributed by atoms with Crippen LogP contribution in [0.2, 0.25) is 0 Å². The molecule has 1 aromatic rings. The molecule has 1 aromatic carbocycles. The van der Waals surface area contributed by atoms with Gasteiger partial charge >= 0.3 is 18.2 Å². The first-order valence-corrected chi connectivity index (χ1v) is 5.04. The summed E-state index contributed by atoms with van der Waals surface area (Å²) >= 11 is 0. The van der Waals surface area contributed by atoms with Crippen molar-refractivity contribution in [1.82, 2.24) is 5.32 Å². The van der Waals surface area contributed by atoms with Gasteiger partial charge in [0.25, 0.3) is 0 Å². The monoisotopic (exact) mass is 259 g/mol. The van der Waals surface area contributed by atoms with Crippen LogP contribution in [0.4, 0.5) is 18.0 Å². The second-order valence-corrected chi connectivity index (χ2v) is 3.80. The lowest BCUT2D eigenvalue weighted by atomic mass is 10.0. The third-order valence-corrected chi connectivity index (χ3v) is 2.49. The van der Waals surface area contributed by atoms with Crippen LogP contribution in [0, 0.1) is 0 Å². The molecule has 0 saturated carbocycles. The average Bonchev–Trinajstić information content (AvgIpc) is 2.57. The van der Waals surface area contributed by atoms with Crippen LogP contribution in [0.25, 0.3) is 0 Å². The summed E-state index contributed by atoms with van der Waals surface area (Å²) < 4.78 is 41.2. The topological polar surface area (TPSA) is 55.4 Å². The molecule has 0 radical (unpaired) electrons. The number of alkyl halides is 3. The molecule has 1 saturated heterocycles. The minimum atomic E-state index is -4.39. The van der Waals surface area contributed by atoms with E-state index in [9.17, 15) is 22.8 Å². The van der Waals surface area contributed by atoms with Crippen molar-refractivity contribution < 1.29 is 27.5 Å². The summed E-state index contributed by atoms with van der Waals surface area (Å²) in [7, 11) is 0. The Hall–Kier alpha value is -2.05. The van der Waals surface area contributed by atoms with Crippen LogP contribution in [-0.2, 0) is 22.1 Å². The predicted octanol–water partition coefficient (Wildman–Crippen LogP) is 1.88. The third-order valence-electron chi connectivity index (χ3n) is 2.49. The van der Waals surface area contributed by atoms with Gasteiger partial charge in [-0.2, -0.15) is 13.2 Å². The molecule has 1 amide bonds. The van der Waals surface area contributed by atoms with Crippen molar-refractivity contribution in [1.29, 1.82) is 0 Å². The molecule has 0 spiro atoms. The summed E-state index contributed by atoms with van der Waals surface area (Å²) in [5.74, 6) is -0.722. The van der Waals surface area contributed by atoms with Gasteiger partial charge in [0.2, 0.25) is 0 Å². The highest BCUT2D eigenvalue weighted by atomic mass is 19.4. The molecule has 1 unspecified atom stereocenters. The number of esters is 1. The van der Waals surface area contributed by atoms with Crippen molar-refractivity contribution in [3.8, 4) is 0 Å². The third kappa shape index (κ3) is 2.61. The summed E-state index contributed by atoms with van der Waals surface area (Å²) in [6.07, 6.45) is -5.13. The van der Waals surface area contributed by atoms with E-state index in [1.165, 1.54) is 12.1 Å². The van der Waals surface area contributed by atoms with E-state index in [-0.39, 0.29) is 6.42 Å². The van der Waals surface area contributed by atoms with Gasteiger partial charge in [0, 0.05) is 6.42 Å². The zero-order chi connectivity index (χ0) is 13.3. The second kappa shape index (κ2) is 4.32. The van der Waals surface area contributed by atoms with Crippen molar-refractivity contribution >= 4 is 12.1 Å². The number of nitrogens with one attached hydrogen (secondary N) is 1. The van der Waals surface area contributed by atoms with Crippen LogP contribution in [0.5, 0.6) is 0 Å². The summed E-state index contributed by atoms with van der Waals surface area (Å²) in [6.45, 7) is 0. The van der Waals surface area contributed by atoms with E-state index >= 15 is 0 Å². The lowest BCUT2D eigenvalue weighted by Gasteiger charge is -2.09. The van der Waals surface area contributed by atoms with Crippen LogP contribution in [0.15, 0.2) is 24.3 Å². The Labute approximate surface area is 99.7 Å². The molecular weight excluding hydrogens is 251 g/mol. The molecule has 1 aliphatic rings. The highest BCUT2D eigenvalue weighted by molar-refractivity contribution is 5.95. The van der Waals surface area contributed by atoms with Gasteiger partial charge in [-0.1, -0.05) is 12.1 Å². The fraction of sp³-hybridized carbons (Fsp3) is 0.273. The summed E-state index contributed by atoms with van der Waals surface area (Å²) in [6, 6.07) is 3.55. The number of halogens is 3. The maximum Gasteiger partial charge on any atom is 0.416 e. The first kappa shape index (κ1) is 12.4. The van der Waals surface area contributed by atoms with E-state index in [0.717, 1.165) is 12.1 Å². The summed E-state index contributed by atoms with van der Waals surface area (Å²) in [5.41, 5.74) is -0.253. The molecule has 18 heavy (non-hydrogen) atoms. The number of amides is 1. The van der Waals surface area contributed by atoms with Crippen LogP contribution >= 0.6 is 0 Å². The molecule has 0 bridgehead atoms.